The number of hydrogen-bond acceptors (Lipinski definition) is 7. The fourth-order valence-corrected chi connectivity index (χ4v) is 2.89. The van der Waals surface area contributed by atoms with Crippen molar-refractivity contribution in [2.75, 3.05) is 45.2 Å². The number of carbonyl (C=O) groups excluding carboxylic acids is 1. The summed E-state index contributed by atoms with van der Waals surface area (Å²) in [6, 6.07) is 0. The first-order valence-corrected chi connectivity index (χ1v) is 9.09. The molecule has 0 radical (unpaired) electrons. The lowest BCUT2D eigenvalue weighted by molar-refractivity contribution is -0.144. The first-order chi connectivity index (χ1) is 12.2. The largest absolute Gasteiger partial charge is 0.461 e. The highest BCUT2D eigenvalue weighted by atomic mass is 16.7. The highest BCUT2D eigenvalue weighted by Crippen LogP contribution is 2.14. The van der Waals surface area contributed by atoms with Crippen LogP contribution >= 0.6 is 0 Å². The lowest BCUT2D eigenvalue weighted by Gasteiger charge is -2.25. The molecule has 142 valence electrons. The number of piperidine rings is 1. The van der Waals surface area contributed by atoms with Crippen molar-refractivity contribution < 1.29 is 19.0 Å². The Morgan fingerprint density at radius 3 is 2.56 bits per heavy atom. The Balaban J connectivity index is 1.84. The molecule has 0 aliphatic carbocycles. The van der Waals surface area contributed by atoms with Crippen LogP contribution in [0.1, 0.15) is 43.5 Å². The van der Waals surface area contributed by atoms with Crippen molar-refractivity contribution in [3.05, 3.63) is 11.8 Å². The predicted octanol–water partition coefficient (Wildman–Crippen LogP) is 1.51. The molecule has 1 fully saturated rings. The second-order valence-electron chi connectivity index (χ2n) is 6.00. The SMILES string of the molecule is CCOC(Cn1ncc(C(=O)OCCN2CCCCC2)c1N)OCC. The number of esters is 1. The number of nitrogens with zero attached hydrogens (tertiary/aromatic N) is 3. The van der Waals surface area contributed by atoms with Crippen LogP contribution in [0.15, 0.2) is 6.20 Å². The highest BCUT2D eigenvalue weighted by molar-refractivity contribution is 5.93. The van der Waals surface area contributed by atoms with E-state index in [0.717, 1.165) is 19.6 Å². The van der Waals surface area contributed by atoms with Gasteiger partial charge in [0.15, 0.2) is 6.29 Å². The molecule has 1 aliphatic heterocycles. The van der Waals surface area contributed by atoms with Gasteiger partial charge in [0.2, 0.25) is 0 Å². The van der Waals surface area contributed by atoms with Gasteiger partial charge in [-0.3, -0.25) is 4.90 Å². The summed E-state index contributed by atoms with van der Waals surface area (Å²) in [5.74, 6) is -0.169. The average molecular weight is 354 g/mol. The van der Waals surface area contributed by atoms with E-state index in [1.807, 2.05) is 13.8 Å². The zero-order valence-corrected chi connectivity index (χ0v) is 15.3. The van der Waals surface area contributed by atoms with Gasteiger partial charge in [-0.2, -0.15) is 5.10 Å². The van der Waals surface area contributed by atoms with Crippen LogP contribution in [0, 0.1) is 0 Å². The van der Waals surface area contributed by atoms with Crippen LogP contribution in [-0.2, 0) is 20.8 Å². The van der Waals surface area contributed by atoms with Gasteiger partial charge in [-0.05, 0) is 39.8 Å². The quantitative estimate of drug-likeness (QED) is 0.503. The van der Waals surface area contributed by atoms with Crippen LogP contribution in [-0.4, -0.2) is 66.4 Å². The van der Waals surface area contributed by atoms with Crippen LogP contribution < -0.4 is 5.73 Å². The third-order valence-electron chi connectivity index (χ3n) is 4.22. The molecular formula is C17H30N4O4. The zero-order valence-electron chi connectivity index (χ0n) is 15.3. The van der Waals surface area contributed by atoms with Gasteiger partial charge in [0, 0.05) is 19.8 Å². The lowest BCUT2D eigenvalue weighted by Crippen LogP contribution is -2.33. The van der Waals surface area contributed by atoms with Gasteiger partial charge < -0.3 is 19.9 Å². The van der Waals surface area contributed by atoms with E-state index in [-0.39, 0.29) is 11.4 Å². The van der Waals surface area contributed by atoms with E-state index in [4.69, 9.17) is 19.9 Å². The van der Waals surface area contributed by atoms with Crippen LogP contribution in [0.5, 0.6) is 0 Å². The first kappa shape index (κ1) is 19.7. The number of nitrogen functional groups attached to an aromatic ring is 1. The van der Waals surface area contributed by atoms with Crippen molar-refractivity contribution in [3.63, 3.8) is 0 Å². The maximum absolute atomic E-state index is 12.2. The molecule has 0 saturated carbocycles. The van der Waals surface area contributed by atoms with Crippen molar-refractivity contribution in [1.29, 1.82) is 0 Å². The van der Waals surface area contributed by atoms with Crippen molar-refractivity contribution in [2.45, 2.75) is 45.9 Å². The normalized spacial score (nSPS) is 15.6. The number of likely N-dealkylation sites (tertiary alicyclic amines) is 1. The fourth-order valence-electron chi connectivity index (χ4n) is 2.89. The molecule has 0 spiro atoms. The maximum Gasteiger partial charge on any atom is 0.343 e. The second kappa shape index (κ2) is 10.4. The first-order valence-electron chi connectivity index (χ1n) is 9.09. The molecule has 0 bridgehead atoms. The summed E-state index contributed by atoms with van der Waals surface area (Å²) in [5.41, 5.74) is 6.32. The van der Waals surface area contributed by atoms with E-state index in [9.17, 15) is 4.79 Å². The van der Waals surface area contributed by atoms with Crippen LogP contribution in [0.3, 0.4) is 0 Å². The van der Waals surface area contributed by atoms with E-state index < -0.39 is 12.3 Å². The van der Waals surface area contributed by atoms with E-state index in [1.54, 1.807) is 0 Å². The smallest absolute Gasteiger partial charge is 0.343 e. The molecule has 8 heteroatoms. The monoisotopic (exact) mass is 354 g/mol. The molecule has 1 aliphatic rings. The van der Waals surface area contributed by atoms with Gasteiger partial charge in [0.25, 0.3) is 0 Å². The zero-order chi connectivity index (χ0) is 18.1. The molecule has 0 atom stereocenters. The van der Waals surface area contributed by atoms with E-state index in [1.165, 1.54) is 30.1 Å². The number of nitrogens with two attached hydrogens (primary N) is 1. The van der Waals surface area contributed by atoms with Gasteiger partial charge >= 0.3 is 5.97 Å². The van der Waals surface area contributed by atoms with Crippen molar-refractivity contribution in [3.8, 4) is 0 Å². The van der Waals surface area contributed by atoms with Crippen molar-refractivity contribution in [1.82, 2.24) is 14.7 Å². The molecule has 1 saturated heterocycles. The molecular weight excluding hydrogens is 324 g/mol. The average Bonchev–Trinajstić information content (AvgIpc) is 2.97. The van der Waals surface area contributed by atoms with Gasteiger partial charge in [-0.25, -0.2) is 9.48 Å². The molecule has 0 unspecified atom stereocenters. The number of carbonyl (C=O) groups is 1. The summed E-state index contributed by atoms with van der Waals surface area (Å²) in [5, 5.41) is 4.16. The summed E-state index contributed by atoms with van der Waals surface area (Å²) in [4.78, 5) is 14.5. The number of hydrogen-bond donors (Lipinski definition) is 1. The van der Waals surface area contributed by atoms with E-state index >= 15 is 0 Å². The maximum atomic E-state index is 12.2. The van der Waals surface area contributed by atoms with Gasteiger partial charge in [-0.15, -0.1) is 0 Å². The Labute approximate surface area is 149 Å². The number of aromatic nitrogens is 2. The molecule has 25 heavy (non-hydrogen) atoms. The highest BCUT2D eigenvalue weighted by Gasteiger charge is 2.20. The summed E-state index contributed by atoms with van der Waals surface area (Å²) in [7, 11) is 0. The molecule has 0 amide bonds. The summed E-state index contributed by atoms with van der Waals surface area (Å²) < 4.78 is 17.8. The minimum Gasteiger partial charge on any atom is -0.461 e. The third-order valence-corrected chi connectivity index (χ3v) is 4.22. The molecule has 0 aromatic carbocycles. The predicted molar refractivity (Wildman–Crippen MR) is 94.3 cm³/mol. The van der Waals surface area contributed by atoms with Crippen LogP contribution in [0.4, 0.5) is 5.82 Å². The van der Waals surface area contributed by atoms with Crippen LogP contribution in [0.2, 0.25) is 0 Å². The Bertz CT molecular complexity index is 523. The van der Waals surface area contributed by atoms with Gasteiger partial charge in [0.1, 0.15) is 18.0 Å². The summed E-state index contributed by atoms with van der Waals surface area (Å²) >= 11 is 0. The standard InChI is InChI=1S/C17H30N4O4/c1-3-23-15(24-4-2)13-21-16(18)14(12-19-21)17(22)25-11-10-20-8-6-5-7-9-20/h12,15H,3-11,13,18H2,1-2H3. The minimum atomic E-state index is -0.444. The van der Waals surface area contributed by atoms with Crippen molar-refractivity contribution >= 4 is 11.8 Å². The number of anilines is 1. The van der Waals surface area contributed by atoms with E-state index in [2.05, 4.69) is 10.00 Å². The Morgan fingerprint density at radius 1 is 1.24 bits per heavy atom. The molecule has 2 rings (SSSR count). The molecule has 8 nitrogen and oxygen atoms in total. The number of rotatable bonds is 10. The molecule has 1 aromatic heterocycles. The minimum absolute atomic E-state index is 0.271. The van der Waals surface area contributed by atoms with E-state index in [0.29, 0.717) is 26.4 Å². The Kier molecular flexibility index (Phi) is 8.17. The number of ether oxygens (including phenoxy) is 3. The second-order valence-corrected chi connectivity index (χ2v) is 6.00. The van der Waals surface area contributed by atoms with Gasteiger partial charge in [0.05, 0.1) is 12.7 Å². The van der Waals surface area contributed by atoms with Crippen molar-refractivity contribution in [2.24, 2.45) is 0 Å². The fraction of sp³-hybridized carbons (Fsp3) is 0.765. The summed E-state index contributed by atoms with van der Waals surface area (Å²) in [6.07, 6.45) is 4.72. The third kappa shape index (κ3) is 5.98. The summed E-state index contributed by atoms with van der Waals surface area (Å²) in [6.45, 7) is 8.44. The Morgan fingerprint density at radius 2 is 1.92 bits per heavy atom. The van der Waals surface area contributed by atoms with Gasteiger partial charge in [-0.1, -0.05) is 6.42 Å². The lowest BCUT2D eigenvalue weighted by atomic mass is 10.1. The Hall–Kier alpha value is -1.64. The van der Waals surface area contributed by atoms with Crippen LogP contribution in [0.25, 0.3) is 0 Å². The topological polar surface area (TPSA) is 91.8 Å². The molecule has 2 N–H and O–H groups in total. The molecule has 2 heterocycles. The molecule has 1 aromatic rings.